The Morgan fingerprint density at radius 3 is 2.88 bits per heavy atom. The minimum absolute atomic E-state index is 0. The maximum absolute atomic E-state index is 12.1. The second-order valence-corrected chi connectivity index (χ2v) is 6.68. The van der Waals surface area contributed by atoms with Gasteiger partial charge in [-0.3, -0.25) is 4.79 Å². The normalized spacial score (nSPS) is 16.6. The highest BCUT2D eigenvalue weighted by atomic mass is 35.5. The minimum atomic E-state index is 0. The van der Waals surface area contributed by atoms with Crippen LogP contribution in [0.5, 0.6) is 0 Å². The molecule has 2 N–H and O–H groups in total. The predicted molar refractivity (Wildman–Crippen MR) is 105 cm³/mol. The van der Waals surface area contributed by atoms with Crippen molar-refractivity contribution in [2.24, 2.45) is 0 Å². The molecule has 24 heavy (non-hydrogen) atoms. The largest absolute Gasteiger partial charge is 0.352 e. The molecule has 0 bridgehead atoms. The molecule has 4 nitrogen and oxygen atoms in total. The van der Waals surface area contributed by atoms with E-state index in [2.05, 4.69) is 15.6 Å². The first kappa shape index (κ1) is 21.2. The van der Waals surface area contributed by atoms with Crippen LogP contribution >= 0.6 is 47.8 Å². The number of carbonyl (C=O) groups is 1. The maximum atomic E-state index is 12.1. The number of hydrogen-bond acceptors (Lipinski definition) is 4. The molecule has 0 aliphatic carbocycles. The van der Waals surface area contributed by atoms with Gasteiger partial charge >= 0.3 is 0 Å². The molecule has 1 unspecified atom stereocenters. The van der Waals surface area contributed by atoms with Crippen molar-refractivity contribution >= 4 is 53.7 Å². The van der Waals surface area contributed by atoms with Gasteiger partial charge in [0.2, 0.25) is 5.91 Å². The molecule has 1 amide bonds. The third-order valence-corrected chi connectivity index (χ3v) is 4.91. The summed E-state index contributed by atoms with van der Waals surface area (Å²) in [5, 5.41) is 9.82. The molecule has 1 fully saturated rings. The number of hydrogen-bond donors (Lipinski definition) is 2. The average molecular weight is 409 g/mol. The van der Waals surface area contributed by atoms with Gasteiger partial charge in [0.15, 0.2) is 0 Å². The molecular weight excluding hydrogens is 389 g/mol. The van der Waals surface area contributed by atoms with Crippen molar-refractivity contribution in [2.45, 2.75) is 25.3 Å². The van der Waals surface area contributed by atoms with Crippen molar-refractivity contribution in [3.8, 4) is 10.6 Å². The summed E-state index contributed by atoms with van der Waals surface area (Å²) in [4.78, 5) is 16.6. The summed E-state index contributed by atoms with van der Waals surface area (Å²) in [5.74, 6) is 0.0321. The van der Waals surface area contributed by atoms with Gasteiger partial charge in [-0.25, -0.2) is 4.98 Å². The van der Waals surface area contributed by atoms with Crippen LogP contribution in [-0.4, -0.2) is 30.0 Å². The van der Waals surface area contributed by atoms with Crippen LogP contribution in [0.4, 0.5) is 0 Å². The molecule has 2 heterocycles. The Bertz CT molecular complexity index is 660. The number of carbonyl (C=O) groups excluding carboxylic acids is 1. The second kappa shape index (κ2) is 10.2. The summed E-state index contributed by atoms with van der Waals surface area (Å²) < 4.78 is 0. The quantitative estimate of drug-likeness (QED) is 0.810. The predicted octanol–water partition coefficient (Wildman–Crippen LogP) is 3.72. The Labute approximate surface area is 163 Å². The Kier molecular flexibility index (Phi) is 9.02. The SMILES string of the molecule is Cl.Cl.O=C(Cc1csc(-c2ccccc2Cl)n1)NC1CCCNC1. The van der Waals surface area contributed by atoms with E-state index in [4.69, 9.17) is 11.6 Å². The first-order valence-electron chi connectivity index (χ1n) is 7.42. The van der Waals surface area contributed by atoms with Crippen molar-refractivity contribution in [3.05, 3.63) is 40.4 Å². The number of benzene rings is 1. The number of rotatable bonds is 4. The number of nitrogens with one attached hydrogen (secondary N) is 2. The molecule has 1 atom stereocenters. The van der Waals surface area contributed by atoms with E-state index in [1.165, 1.54) is 11.3 Å². The molecule has 1 aliphatic heterocycles. The molecule has 0 saturated carbocycles. The zero-order valence-corrected chi connectivity index (χ0v) is 16.2. The standard InChI is InChI=1S/C16H18ClN3OS.2ClH/c17-14-6-2-1-5-13(14)16-20-12(10-22-16)8-15(21)19-11-4-3-7-18-9-11;;/h1-2,5-6,10-11,18H,3-4,7-9H2,(H,19,21);2*1H. The van der Waals surface area contributed by atoms with E-state index in [9.17, 15) is 4.79 Å². The van der Waals surface area contributed by atoms with Crippen LogP contribution in [0.3, 0.4) is 0 Å². The van der Waals surface area contributed by atoms with Gasteiger partial charge < -0.3 is 10.6 Å². The van der Waals surface area contributed by atoms with E-state index >= 15 is 0 Å². The zero-order valence-electron chi connectivity index (χ0n) is 13.0. The van der Waals surface area contributed by atoms with Crippen molar-refractivity contribution in [1.82, 2.24) is 15.6 Å². The third kappa shape index (κ3) is 5.60. The second-order valence-electron chi connectivity index (χ2n) is 5.41. The lowest BCUT2D eigenvalue weighted by Gasteiger charge is -2.23. The summed E-state index contributed by atoms with van der Waals surface area (Å²) in [6, 6.07) is 7.86. The van der Waals surface area contributed by atoms with Crippen molar-refractivity contribution in [2.75, 3.05) is 13.1 Å². The fourth-order valence-corrected chi connectivity index (χ4v) is 3.70. The van der Waals surface area contributed by atoms with E-state index in [0.29, 0.717) is 11.4 Å². The van der Waals surface area contributed by atoms with Gasteiger partial charge in [0.25, 0.3) is 0 Å². The van der Waals surface area contributed by atoms with Gasteiger partial charge in [-0.15, -0.1) is 36.2 Å². The van der Waals surface area contributed by atoms with Crippen LogP contribution in [0, 0.1) is 0 Å². The molecule has 1 aliphatic rings. The van der Waals surface area contributed by atoms with Crippen LogP contribution in [0.2, 0.25) is 5.02 Å². The minimum Gasteiger partial charge on any atom is -0.352 e. The number of aromatic nitrogens is 1. The Balaban J connectivity index is 0.00000144. The summed E-state index contributed by atoms with van der Waals surface area (Å²) in [6.07, 6.45) is 2.47. The lowest BCUT2D eigenvalue weighted by molar-refractivity contribution is -0.121. The number of amides is 1. The van der Waals surface area contributed by atoms with Gasteiger partial charge in [-0.2, -0.15) is 0 Å². The van der Waals surface area contributed by atoms with E-state index in [1.807, 2.05) is 29.6 Å². The molecule has 2 aromatic rings. The lowest BCUT2D eigenvalue weighted by atomic mass is 10.1. The summed E-state index contributed by atoms with van der Waals surface area (Å²) in [5.41, 5.74) is 1.71. The molecule has 0 radical (unpaired) electrons. The van der Waals surface area contributed by atoms with Crippen molar-refractivity contribution in [3.63, 3.8) is 0 Å². The lowest BCUT2D eigenvalue weighted by Crippen LogP contribution is -2.46. The summed E-state index contributed by atoms with van der Waals surface area (Å²) in [7, 11) is 0. The van der Waals surface area contributed by atoms with E-state index in [-0.39, 0.29) is 36.8 Å². The average Bonchev–Trinajstić information content (AvgIpc) is 2.97. The zero-order chi connectivity index (χ0) is 15.4. The molecule has 132 valence electrons. The molecule has 0 spiro atoms. The van der Waals surface area contributed by atoms with Crippen molar-refractivity contribution in [1.29, 1.82) is 0 Å². The Morgan fingerprint density at radius 1 is 1.38 bits per heavy atom. The molecule has 3 rings (SSSR count). The molecular formula is C16H20Cl3N3OS. The van der Waals surface area contributed by atoms with Gasteiger partial charge in [0, 0.05) is 23.5 Å². The van der Waals surface area contributed by atoms with E-state index in [0.717, 1.165) is 42.2 Å². The van der Waals surface area contributed by atoms with E-state index in [1.54, 1.807) is 0 Å². The van der Waals surface area contributed by atoms with Crippen LogP contribution < -0.4 is 10.6 Å². The number of piperidine rings is 1. The Hall–Kier alpha value is -0.850. The molecule has 1 aromatic carbocycles. The van der Waals surface area contributed by atoms with Gasteiger partial charge in [-0.05, 0) is 25.5 Å². The van der Waals surface area contributed by atoms with Gasteiger partial charge in [-0.1, -0.05) is 29.8 Å². The van der Waals surface area contributed by atoms with Crippen LogP contribution in [0.25, 0.3) is 10.6 Å². The van der Waals surface area contributed by atoms with E-state index < -0.39 is 0 Å². The monoisotopic (exact) mass is 407 g/mol. The number of halogens is 3. The van der Waals surface area contributed by atoms with Gasteiger partial charge in [0.05, 0.1) is 17.1 Å². The summed E-state index contributed by atoms with van der Waals surface area (Å²) in [6.45, 7) is 1.90. The highest BCUT2D eigenvalue weighted by molar-refractivity contribution is 7.13. The smallest absolute Gasteiger partial charge is 0.226 e. The Morgan fingerprint density at radius 2 is 2.17 bits per heavy atom. The van der Waals surface area contributed by atoms with Crippen molar-refractivity contribution < 1.29 is 4.79 Å². The van der Waals surface area contributed by atoms with Crippen LogP contribution in [0.15, 0.2) is 29.6 Å². The fraction of sp³-hybridized carbons (Fsp3) is 0.375. The third-order valence-electron chi connectivity index (χ3n) is 3.66. The summed E-state index contributed by atoms with van der Waals surface area (Å²) >= 11 is 7.70. The number of thiazole rings is 1. The van der Waals surface area contributed by atoms with Gasteiger partial charge in [0.1, 0.15) is 5.01 Å². The fourth-order valence-electron chi connectivity index (χ4n) is 2.56. The number of nitrogens with zero attached hydrogens (tertiary/aromatic N) is 1. The molecule has 1 saturated heterocycles. The molecule has 1 aromatic heterocycles. The van der Waals surface area contributed by atoms with Crippen LogP contribution in [-0.2, 0) is 11.2 Å². The molecule has 8 heteroatoms. The topological polar surface area (TPSA) is 54.0 Å². The maximum Gasteiger partial charge on any atom is 0.226 e. The van der Waals surface area contributed by atoms with Crippen LogP contribution in [0.1, 0.15) is 18.5 Å². The first-order chi connectivity index (χ1) is 10.7. The highest BCUT2D eigenvalue weighted by Gasteiger charge is 2.16. The first-order valence-corrected chi connectivity index (χ1v) is 8.67. The highest BCUT2D eigenvalue weighted by Crippen LogP contribution is 2.30.